The zero-order valence-corrected chi connectivity index (χ0v) is 14.9. The number of hydrogen-bond donors (Lipinski definition) is 3. The van der Waals surface area contributed by atoms with E-state index in [1.54, 1.807) is 4.90 Å². The van der Waals surface area contributed by atoms with Crippen LogP contribution in [0.2, 0.25) is 0 Å². The first-order valence-corrected chi connectivity index (χ1v) is 8.64. The van der Waals surface area contributed by atoms with Gasteiger partial charge in [-0.3, -0.25) is 9.89 Å². The SMILES string of the molecule is CC(C)(C)NC(=O)N1CCC(NC(=O)c2n[nH]c3ccccc23)CC1. The van der Waals surface area contributed by atoms with Crippen molar-refractivity contribution in [1.82, 2.24) is 25.7 Å². The first kappa shape index (κ1) is 17.3. The van der Waals surface area contributed by atoms with Crippen LogP contribution in [0.3, 0.4) is 0 Å². The van der Waals surface area contributed by atoms with E-state index in [2.05, 4.69) is 20.8 Å². The fraction of sp³-hybridized carbons (Fsp3) is 0.500. The fourth-order valence-electron chi connectivity index (χ4n) is 3.02. The molecule has 1 aromatic heterocycles. The molecule has 7 heteroatoms. The Hall–Kier alpha value is -2.57. The molecule has 3 rings (SSSR count). The van der Waals surface area contributed by atoms with Crippen molar-refractivity contribution in [2.75, 3.05) is 13.1 Å². The highest BCUT2D eigenvalue weighted by molar-refractivity contribution is 6.04. The average molecular weight is 343 g/mol. The summed E-state index contributed by atoms with van der Waals surface area (Å²) in [6.45, 7) is 7.16. The summed E-state index contributed by atoms with van der Waals surface area (Å²) in [5.41, 5.74) is 1.02. The second-order valence-electron chi connectivity index (χ2n) is 7.53. The molecule has 134 valence electrons. The lowest BCUT2D eigenvalue weighted by molar-refractivity contribution is 0.0914. The van der Waals surface area contributed by atoms with Gasteiger partial charge >= 0.3 is 6.03 Å². The molecule has 0 spiro atoms. The zero-order chi connectivity index (χ0) is 18.0. The van der Waals surface area contributed by atoms with Crippen molar-refractivity contribution >= 4 is 22.8 Å². The van der Waals surface area contributed by atoms with Gasteiger partial charge in [0.25, 0.3) is 5.91 Å². The Bertz CT molecular complexity index is 769. The highest BCUT2D eigenvalue weighted by Gasteiger charge is 2.26. The summed E-state index contributed by atoms with van der Waals surface area (Å²) in [4.78, 5) is 26.5. The molecule has 0 radical (unpaired) electrons. The van der Waals surface area contributed by atoms with Gasteiger partial charge in [-0.2, -0.15) is 5.10 Å². The standard InChI is InChI=1S/C18H25N5O2/c1-18(2,3)20-17(25)23-10-8-12(9-11-23)19-16(24)15-13-6-4-5-7-14(13)21-22-15/h4-7,12H,8-11H2,1-3H3,(H,19,24)(H,20,25)(H,21,22). The Morgan fingerprint density at radius 3 is 2.56 bits per heavy atom. The third-order valence-corrected chi connectivity index (χ3v) is 4.28. The maximum atomic E-state index is 12.5. The minimum absolute atomic E-state index is 0.0458. The number of nitrogens with one attached hydrogen (secondary N) is 3. The van der Waals surface area contributed by atoms with E-state index in [0.717, 1.165) is 23.7 Å². The largest absolute Gasteiger partial charge is 0.348 e. The molecule has 1 aliphatic heterocycles. The number of fused-ring (bicyclic) bond motifs is 1. The fourth-order valence-corrected chi connectivity index (χ4v) is 3.02. The predicted molar refractivity (Wildman–Crippen MR) is 96.4 cm³/mol. The number of likely N-dealkylation sites (tertiary alicyclic amines) is 1. The van der Waals surface area contributed by atoms with Crippen LogP contribution >= 0.6 is 0 Å². The van der Waals surface area contributed by atoms with Gasteiger partial charge in [0, 0.05) is 30.1 Å². The number of rotatable bonds is 2. The van der Waals surface area contributed by atoms with Crippen LogP contribution in [0, 0.1) is 0 Å². The summed E-state index contributed by atoms with van der Waals surface area (Å²) in [6.07, 6.45) is 1.48. The number of nitrogens with zero attached hydrogens (tertiary/aromatic N) is 2. The quantitative estimate of drug-likeness (QED) is 0.781. The van der Waals surface area contributed by atoms with Crippen LogP contribution in [0.1, 0.15) is 44.1 Å². The molecule has 1 aliphatic rings. The maximum absolute atomic E-state index is 12.5. The van der Waals surface area contributed by atoms with Crippen LogP contribution in [0.5, 0.6) is 0 Å². The van der Waals surface area contributed by atoms with Crippen LogP contribution in [-0.2, 0) is 0 Å². The molecule has 25 heavy (non-hydrogen) atoms. The molecule has 3 N–H and O–H groups in total. The van der Waals surface area contributed by atoms with E-state index in [0.29, 0.717) is 18.8 Å². The van der Waals surface area contributed by atoms with Crippen LogP contribution in [-0.4, -0.2) is 51.7 Å². The minimum Gasteiger partial charge on any atom is -0.348 e. The molecule has 0 unspecified atom stereocenters. The Balaban J connectivity index is 1.55. The highest BCUT2D eigenvalue weighted by Crippen LogP contribution is 2.17. The van der Waals surface area contributed by atoms with Crippen molar-refractivity contribution in [3.63, 3.8) is 0 Å². The molecule has 2 heterocycles. The minimum atomic E-state index is -0.247. The van der Waals surface area contributed by atoms with Gasteiger partial charge in [0.1, 0.15) is 0 Å². The number of aromatic nitrogens is 2. The third kappa shape index (κ3) is 4.10. The van der Waals surface area contributed by atoms with Gasteiger partial charge < -0.3 is 15.5 Å². The van der Waals surface area contributed by atoms with Crippen LogP contribution in [0.25, 0.3) is 10.9 Å². The monoisotopic (exact) mass is 343 g/mol. The number of carbonyl (C=O) groups excluding carboxylic acids is 2. The Morgan fingerprint density at radius 2 is 1.88 bits per heavy atom. The number of amides is 3. The summed E-state index contributed by atoms with van der Waals surface area (Å²) in [5.74, 6) is -0.171. The molecule has 3 amide bonds. The molecule has 0 saturated carbocycles. The number of piperidine rings is 1. The zero-order valence-electron chi connectivity index (χ0n) is 14.9. The van der Waals surface area contributed by atoms with Crippen molar-refractivity contribution in [3.05, 3.63) is 30.0 Å². The lowest BCUT2D eigenvalue weighted by Gasteiger charge is -2.34. The van der Waals surface area contributed by atoms with Gasteiger partial charge in [-0.05, 0) is 39.7 Å². The Kier molecular flexibility index (Phi) is 4.65. The number of carbonyl (C=O) groups is 2. The third-order valence-electron chi connectivity index (χ3n) is 4.28. The molecule has 1 aromatic carbocycles. The van der Waals surface area contributed by atoms with Crippen molar-refractivity contribution in [2.45, 2.75) is 45.2 Å². The Labute approximate surface area is 147 Å². The van der Waals surface area contributed by atoms with Gasteiger partial charge in [0.05, 0.1) is 5.52 Å². The number of hydrogen-bond acceptors (Lipinski definition) is 3. The van der Waals surface area contributed by atoms with E-state index in [4.69, 9.17) is 0 Å². The van der Waals surface area contributed by atoms with E-state index in [9.17, 15) is 9.59 Å². The van der Waals surface area contributed by atoms with Gasteiger partial charge in [0.2, 0.25) is 0 Å². The topological polar surface area (TPSA) is 90.1 Å². The summed E-state index contributed by atoms with van der Waals surface area (Å²) < 4.78 is 0. The second kappa shape index (κ2) is 6.74. The Morgan fingerprint density at radius 1 is 1.20 bits per heavy atom. The van der Waals surface area contributed by atoms with Crippen molar-refractivity contribution < 1.29 is 9.59 Å². The van der Waals surface area contributed by atoms with Crippen LogP contribution < -0.4 is 10.6 Å². The molecule has 7 nitrogen and oxygen atoms in total. The molecule has 2 aromatic rings. The molecular formula is C18H25N5O2. The first-order valence-electron chi connectivity index (χ1n) is 8.64. The number of benzene rings is 1. The summed E-state index contributed by atoms with van der Waals surface area (Å²) in [6, 6.07) is 7.58. The van der Waals surface area contributed by atoms with Crippen LogP contribution in [0.4, 0.5) is 4.79 Å². The van der Waals surface area contributed by atoms with E-state index >= 15 is 0 Å². The number of aromatic amines is 1. The van der Waals surface area contributed by atoms with Crippen molar-refractivity contribution in [1.29, 1.82) is 0 Å². The normalized spacial score (nSPS) is 16.0. The molecular weight excluding hydrogens is 318 g/mol. The van der Waals surface area contributed by atoms with Crippen LogP contribution in [0.15, 0.2) is 24.3 Å². The molecule has 1 saturated heterocycles. The second-order valence-corrected chi connectivity index (χ2v) is 7.53. The van der Waals surface area contributed by atoms with Gasteiger partial charge in [-0.25, -0.2) is 4.79 Å². The lowest BCUT2D eigenvalue weighted by Crippen LogP contribution is -2.53. The summed E-state index contributed by atoms with van der Waals surface area (Å²) in [5, 5.41) is 13.8. The number of para-hydroxylation sites is 1. The van der Waals surface area contributed by atoms with Crippen molar-refractivity contribution in [2.24, 2.45) is 0 Å². The first-order chi connectivity index (χ1) is 11.8. The van der Waals surface area contributed by atoms with Gasteiger partial charge in [-0.15, -0.1) is 0 Å². The molecule has 1 fully saturated rings. The van der Waals surface area contributed by atoms with Gasteiger partial charge in [-0.1, -0.05) is 18.2 Å². The van der Waals surface area contributed by atoms with Crippen molar-refractivity contribution in [3.8, 4) is 0 Å². The number of H-pyrrole nitrogens is 1. The summed E-state index contributed by atoms with van der Waals surface area (Å²) >= 11 is 0. The van der Waals surface area contributed by atoms with Gasteiger partial charge in [0.15, 0.2) is 5.69 Å². The molecule has 0 aliphatic carbocycles. The smallest absolute Gasteiger partial charge is 0.317 e. The maximum Gasteiger partial charge on any atom is 0.317 e. The van der Waals surface area contributed by atoms with E-state index in [1.165, 1.54) is 0 Å². The predicted octanol–water partition coefficient (Wildman–Crippen LogP) is 2.27. The van der Waals surface area contributed by atoms with E-state index in [-0.39, 0.29) is 23.5 Å². The lowest BCUT2D eigenvalue weighted by atomic mass is 10.0. The average Bonchev–Trinajstić information content (AvgIpc) is 2.98. The van der Waals surface area contributed by atoms with E-state index in [1.807, 2.05) is 45.0 Å². The number of urea groups is 1. The summed E-state index contributed by atoms with van der Waals surface area (Å²) in [7, 11) is 0. The molecule has 0 atom stereocenters. The molecule has 0 bridgehead atoms. The highest BCUT2D eigenvalue weighted by atomic mass is 16.2. The van der Waals surface area contributed by atoms with E-state index < -0.39 is 0 Å².